The molecule has 10 heteroatoms. The Morgan fingerprint density at radius 2 is 2.21 bits per heavy atom. The average Bonchev–Trinajstić information content (AvgIpc) is 2.88. The maximum atomic E-state index is 11.9. The van der Waals surface area contributed by atoms with Gasteiger partial charge in [-0.15, -0.1) is 11.3 Å². The van der Waals surface area contributed by atoms with Gasteiger partial charge in [0.2, 0.25) is 0 Å². The van der Waals surface area contributed by atoms with Gasteiger partial charge in [0.25, 0.3) is 10.0 Å². The third-order valence-electron chi connectivity index (χ3n) is 2.07. The van der Waals surface area contributed by atoms with Crippen LogP contribution in [0.2, 0.25) is 0 Å². The molecule has 0 aliphatic heterocycles. The highest BCUT2D eigenvalue weighted by atomic mass is 32.2. The minimum atomic E-state index is -3.93. The highest BCUT2D eigenvalue weighted by molar-refractivity contribution is 7.91. The van der Waals surface area contributed by atoms with E-state index in [1.165, 1.54) is 18.0 Å². The molecule has 8 nitrogen and oxygen atoms in total. The van der Waals surface area contributed by atoms with Gasteiger partial charge in [-0.3, -0.25) is 0 Å². The number of carboxylic acid groups (broad SMARTS) is 1. The van der Waals surface area contributed by atoms with E-state index >= 15 is 0 Å². The van der Waals surface area contributed by atoms with E-state index in [0.29, 0.717) is 5.69 Å². The first-order chi connectivity index (χ1) is 9.00. The summed E-state index contributed by atoms with van der Waals surface area (Å²) >= 11 is 0.745. The first-order valence-electron chi connectivity index (χ1n) is 4.92. The van der Waals surface area contributed by atoms with E-state index in [0.717, 1.165) is 11.3 Å². The lowest BCUT2D eigenvalue weighted by molar-refractivity contribution is 0.0687. The number of hydrogen-bond donors (Lipinski definition) is 2. The van der Waals surface area contributed by atoms with Crippen LogP contribution in [0.15, 0.2) is 28.3 Å². The van der Waals surface area contributed by atoms with E-state index in [9.17, 15) is 13.2 Å². The molecule has 0 unspecified atom stereocenters. The van der Waals surface area contributed by atoms with Crippen LogP contribution in [0.3, 0.4) is 0 Å². The van der Waals surface area contributed by atoms with Crippen molar-refractivity contribution in [2.24, 2.45) is 0 Å². The van der Waals surface area contributed by atoms with Gasteiger partial charge in [0.05, 0.1) is 17.7 Å². The maximum Gasteiger partial charge on any atom is 0.356 e. The highest BCUT2D eigenvalue weighted by Gasteiger charge is 2.25. The molecule has 2 heterocycles. The summed E-state index contributed by atoms with van der Waals surface area (Å²) in [5.74, 6) is -1.39. The predicted molar refractivity (Wildman–Crippen MR) is 65.1 cm³/mol. The maximum absolute atomic E-state index is 11.9. The fourth-order valence-corrected chi connectivity index (χ4v) is 3.41. The molecule has 0 radical (unpaired) electrons. The molecule has 0 amide bonds. The van der Waals surface area contributed by atoms with Crippen LogP contribution in [0, 0.1) is 0 Å². The second-order valence-corrected chi connectivity index (χ2v) is 6.14. The third-order valence-corrected chi connectivity index (χ3v) is 4.84. The first-order valence-corrected chi connectivity index (χ1v) is 7.28. The summed E-state index contributed by atoms with van der Waals surface area (Å²) in [6.45, 7) is -0.0538. The second kappa shape index (κ2) is 5.38. The predicted octanol–water partition coefficient (Wildman–Crippen LogP) is 0.110. The number of nitrogens with zero attached hydrogens (tertiary/aromatic N) is 3. The Hall–Kier alpha value is -1.91. The minimum Gasteiger partial charge on any atom is -0.476 e. The van der Waals surface area contributed by atoms with Crippen LogP contribution in [0.4, 0.5) is 0 Å². The number of rotatable bonds is 5. The first kappa shape index (κ1) is 13.5. The zero-order chi connectivity index (χ0) is 13.9. The number of sulfonamides is 1. The zero-order valence-corrected chi connectivity index (χ0v) is 11.0. The molecule has 0 aliphatic rings. The molecule has 0 fully saturated rings. The molecule has 19 heavy (non-hydrogen) atoms. The molecule has 2 N–H and O–H groups in total. The Morgan fingerprint density at radius 3 is 2.84 bits per heavy atom. The molecule has 0 bridgehead atoms. The van der Waals surface area contributed by atoms with Crippen molar-refractivity contribution in [2.45, 2.75) is 10.8 Å². The molecule has 2 aromatic heterocycles. The number of thiazole rings is 1. The summed E-state index contributed by atoms with van der Waals surface area (Å²) in [6.07, 6.45) is 2.77. The summed E-state index contributed by atoms with van der Waals surface area (Å²) in [7, 11) is -3.93. The Balaban J connectivity index is 2.19. The van der Waals surface area contributed by atoms with Crippen LogP contribution in [0.25, 0.3) is 0 Å². The molecule has 0 atom stereocenters. The van der Waals surface area contributed by atoms with E-state index in [1.807, 2.05) is 0 Å². The van der Waals surface area contributed by atoms with Crippen molar-refractivity contribution in [3.63, 3.8) is 0 Å². The summed E-state index contributed by atoms with van der Waals surface area (Å²) in [6, 6.07) is 1.55. The molecule has 0 aliphatic carbocycles. The van der Waals surface area contributed by atoms with Crippen molar-refractivity contribution < 1.29 is 18.3 Å². The smallest absolute Gasteiger partial charge is 0.356 e. The summed E-state index contributed by atoms with van der Waals surface area (Å²) in [5.41, 5.74) is 1.16. The van der Waals surface area contributed by atoms with Crippen LogP contribution in [0.1, 0.15) is 16.2 Å². The Morgan fingerprint density at radius 1 is 1.42 bits per heavy atom. The van der Waals surface area contributed by atoms with Gasteiger partial charge < -0.3 is 5.11 Å². The quantitative estimate of drug-likeness (QED) is 0.803. The van der Waals surface area contributed by atoms with Crippen LogP contribution >= 0.6 is 11.3 Å². The Labute approximate surface area is 112 Å². The monoisotopic (exact) mass is 300 g/mol. The molecular weight excluding hydrogens is 292 g/mol. The molecule has 2 rings (SSSR count). The summed E-state index contributed by atoms with van der Waals surface area (Å²) in [4.78, 5) is 21.9. The van der Waals surface area contributed by atoms with Crippen LogP contribution < -0.4 is 4.72 Å². The molecular formula is C9H8N4O4S2. The Bertz CT molecular complexity index is 683. The van der Waals surface area contributed by atoms with Gasteiger partial charge in [-0.2, -0.15) is 0 Å². The molecule has 100 valence electrons. The average molecular weight is 300 g/mol. The lowest BCUT2D eigenvalue weighted by Crippen LogP contribution is -2.24. The molecule has 0 saturated heterocycles. The zero-order valence-electron chi connectivity index (χ0n) is 9.35. The molecule has 0 spiro atoms. The van der Waals surface area contributed by atoms with E-state index in [2.05, 4.69) is 19.7 Å². The molecule has 0 saturated carbocycles. The van der Waals surface area contributed by atoms with Crippen LogP contribution in [-0.2, 0) is 16.6 Å². The van der Waals surface area contributed by atoms with E-state index < -0.39 is 21.7 Å². The minimum absolute atomic E-state index is 0.0538. The SMILES string of the molecule is O=C(O)c1ncsc1S(=O)(=O)NCc1ccncn1. The van der Waals surface area contributed by atoms with Crippen LogP contribution in [0.5, 0.6) is 0 Å². The number of aromatic carboxylic acids is 1. The van der Waals surface area contributed by atoms with Crippen molar-refractivity contribution in [3.05, 3.63) is 35.5 Å². The summed E-state index contributed by atoms with van der Waals surface area (Å²) in [5, 5.41) is 8.83. The van der Waals surface area contributed by atoms with Crippen molar-refractivity contribution in [3.8, 4) is 0 Å². The number of hydrogen-bond acceptors (Lipinski definition) is 7. The number of nitrogens with one attached hydrogen (secondary N) is 1. The largest absolute Gasteiger partial charge is 0.476 e. The van der Waals surface area contributed by atoms with Crippen LogP contribution in [-0.4, -0.2) is 34.4 Å². The van der Waals surface area contributed by atoms with E-state index in [-0.39, 0.29) is 10.8 Å². The number of aromatic nitrogens is 3. The van der Waals surface area contributed by atoms with Gasteiger partial charge in [0, 0.05) is 6.20 Å². The van der Waals surface area contributed by atoms with Gasteiger partial charge in [-0.05, 0) is 6.07 Å². The van der Waals surface area contributed by atoms with E-state index in [4.69, 9.17) is 5.11 Å². The number of carboxylic acids is 1. The second-order valence-electron chi connectivity index (χ2n) is 3.32. The molecule has 2 aromatic rings. The fourth-order valence-electron chi connectivity index (χ4n) is 1.23. The van der Waals surface area contributed by atoms with Crippen molar-refractivity contribution >= 4 is 27.3 Å². The van der Waals surface area contributed by atoms with Crippen molar-refractivity contribution in [1.29, 1.82) is 0 Å². The van der Waals surface area contributed by atoms with Gasteiger partial charge in [-0.25, -0.2) is 32.9 Å². The third kappa shape index (κ3) is 3.10. The Kier molecular flexibility index (Phi) is 3.83. The normalized spacial score (nSPS) is 11.4. The number of carbonyl (C=O) groups is 1. The van der Waals surface area contributed by atoms with Gasteiger partial charge in [0.1, 0.15) is 6.33 Å². The molecule has 0 aromatic carbocycles. The standard InChI is InChI=1S/C9H8N4O4S2/c14-8(15)7-9(18-5-12-7)19(16,17)13-3-6-1-2-10-4-11-6/h1-2,4-5,13H,3H2,(H,14,15). The van der Waals surface area contributed by atoms with Crippen molar-refractivity contribution in [2.75, 3.05) is 0 Å². The topological polar surface area (TPSA) is 122 Å². The lowest BCUT2D eigenvalue weighted by Gasteiger charge is -2.04. The van der Waals surface area contributed by atoms with Gasteiger partial charge >= 0.3 is 5.97 Å². The summed E-state index contributed by atoms with van der Waals surface area (Å²) < 4.78 is 25.8. The lowest BCUT2D eigenvalue weighted by atomic mass is 10.4. The highest BCUT2D eigenvalue weighted by Crippen LogP contribution is 2.19. The van der Waals surface area contributed by atoms with Gasteiger partial charge in [-0.1, -0.05) is 0 Å². The van der Waals surface area contributed by atoms with Crippen molar-refractivity contribution in [1.82, 2.24) is 19.7 Å². The van der Waals surface area contributed by atoms with E-state index in [1.54, 1.807) is 6.07 Å². The van der Waals surface area contributed by atoms with Gasteiger partial charge in [0.15, 0.2) is 9.90 Å². The fraction of sp³-hybridized carbons (Fsp3) is 0.111.